The second kappa shape index (κ2) is 11.8. The van der Waals surface area contributed by atoms with E-state index >= 15 is 0 Å². The molecule has 3 aliphatic rings. The van der Waals surface area contributed by atoms with E-state index in [1.807, 2.05) is 0 Å². The van der Waals surface area contributed by atoms with E-state index in [2.05, 4.69) is 29.3 Å². The van der Waals surface area contributed by atoms with Gasteiger partial charge in [0.2, 0.25) is 5.95 Å². The van der Waals surface area contributed by atoms with Crippen molar-refractivity contribution in [2.45, 2.75) is 55.5 Å². The van der Waals surface area contributed by atoms with Crippen molar-refractivity contribution in [1.29, 1.82) is 0 Å². The van der Waals surface area contributed by atoms with Crippen molar-refractivity contribution in [3.8, 4) is 0 Å². The Morgan fingerprint density at radius 1 is 1.15 bits per heavy atom. The number of phosphoric ester groups is 1. The Labute approximate surface area is 273 Å². The number of aliphatic hydroxyl groups is 1. The van der Waals surface area contributed by atoms with Crippen LogP contribution < -0.4 is 17.0 Å². The molecule has 3 fully saturated rings. The predicted molar refractivity (Wildman–Crippen MR) is 166 cm³/mol. The maximum absolute atomic E-state index is 13.5. The molecule has 8 N–H and O–H groups in total. The molecule has 0 amide bonds. The molecule has 47 heavy (non-hydrogen) atoms. The number of ether oxygens (including phenoxy) is 2. The fraction of sp³-hybridized carbons (Fsp3) is 0.565. The van der Waals surface area contributed by atoms with Gasteiger partial charge in [0.1, 0.15) is 54.0 Å². The summed E-state index contributed by atoms with van der Waals surface area (Å²) in [5, 5.41) is 11.7. The number of imidazole rings is 1. The smallest absolute Gasteiger partial charge is 0.388 e. The number of rotatable bonds is 3. The van der Waals surface area contributed by atoms with Crippen LogP contribution in [0.1, 0.15) is 24.3 Å². The van der Waals surface area contributed by atoms with Crippen LogP contribution in [-0.2, 0) is 49.5 Å². The van der Waals surface area contributed by atoms with Gasteiger partial charge in [-0.2, -0.15) is 4.37 Å². The highest BCUT2D eigenvalue weighted by Gasteiger charge is 2.56. The highest BCUT2D eigenvalue weighted by molar-refractivity contribution is 8.07. The number of aliphatic hydroxyl groups excluding tert-OH is 1. The SMILES string of the molecule is CO[C@H]1[C@H]2OP(=O)(O)OC[C@H]3CC(C)(n4cnc5c(N)ncnc54)[C@H](O)[C@@H]3OP(O)(=S)OC[C@H]1O[C@H]2c1snc2c(=O)[nH]c(N)nc12. The number of nitrogens with one attached hydrogen (secondary N) is 1. The van der Waals surface area contributed by atoms with Crippen molar-refractivity contribution in [3.05, 3.63) is 27.9 Å². The van der Waals surface area contributed by atoms with E-state index in [9.17, 15) is 24.3 Å². The molecule has 4 aromatic heterocycles. The van der Waals surface area contributed by atoms with Gasteiger partial charge in [0.25, 0.3) is 5.56 Å². The van der Waals surface area contributed by atoms with Crippen LogP contribution in [0.25, 0.3) is 22.2 Å². The molecule has 24 heteroatoms. The molecule has 20 nitrogen and oxygen atoms in total. The van der Waals surface area contributed by atoms with Gasteiger partial charge in [-0.25, -0.2) is 24.5 Å². The lowest BCUT2D eigenvalue weighted by atomic mass is 9.96. The van der Waals surface area contributed by atoms with E-state index in [0.717, 1.165) is 11.5 Å². The summed E-state index contributed by atoms with van der Waals surface area (Å²) in [5.41, 5.74) is 10.6. The second-order valence-corrected chi connectivity index (χ2v) is 16.5. The Morgan fingerprint density at radius 3 is 2.70 bits per heavy atom. The van der Waals surface area contributed by atoms with Crippen molar-refractivity contribution < 1.29 is 47.0 Å². The van der Waals surface area contributed by atoms with E-state index in [1.54, 1.807) is 11.5 Å². The van der Waals surface area contributed by atoms with Gasteiger partial charge < -0.3 is 49.4 Å². The topological polar surface area (TPSA) is 287 Å². The molecule has 10 atom stereocenters. The average Bonchev–Trinajstić information content (AvgIpc) is 3.76. The molecular formula is C23H29N9O11P2S2. The first-order chi connectivity index (χ1) is 22.2. The van der Waals surface area contributed by atoms with E-state index in [-0.39, 0.29) is 34.1 Å². The number of nitrogen functional groups attached to an aromatic ring is 2. The minimum atomic E-state index is -4.92. The third-order valence-electron chi connectivity index (χ3n) is 8.59. The summed E-state index contributed by atoms with van der Waals surface area (Å²) in [6, 6.07) is 0. The first-order valence-corrected chi connectivity index (χ1v) is 18.8. The number of hydrogen-bond acceptors (Lipinski definition) is 18. The van der Waals surface area contributed by atoms with Gasteiger partial charge in [-0.05, 0) is 36.7 Å². The van der Waals surface area contributed by atoms with Crippen molar-refractivity contribution in [2.75, 3.05) is 31.8 Å². The van der Waals surface area contributed by atoms with Crippen LogP contribution in [-0.4, -0.2) is 99.6 Å². The summed E-state index contributed by atoms with van der Waals surface area (Å²) >= 11 is 6.20. The highest BCUT2D eigenvalue weighted by atomic mass is 32.5. The number of nitrogens with zero attached hydrogens (tertiary/aromatic N) is 6. The fourth-order valence-corrected chi connectivity index (χ4v) is 9.74. The molecule has 254 valence electrons. The van der Waals surface area contributed by atoms with E-state index in [1.165, 1.54) is 19.8 Å². The normalized spacial score (nSPS) is 38.2. The number of aromatic nitrogens is 7. The zero-order chi connectivity index (χ0) is 33.5. The van der Waals surface area contributed by atoms with E-state index in [4.69, 9.17) is 50.8 Å². The molecule has 0 radical (unpaired) electrons. The van der Waals surface area contributed by atoms with Crippen LogP contribution in [0.4, 0.5) is 11.8 Å². The molecule has 2 aliphatic heterocycles. The van der Waals surface area contributed by atoms with Crippen LogP contribution in [0.15, 0.2) is 17.4 Å². The quantitative estimate of drug-likeness (QED) is 0.152. The monoisotopic (exact) mass is 733 g/mol. The number of methoxy groups -OCH3 is 1. The van der Waals surface area contributed by atoms with Gasteiger partial charge in [0.15, 0.2) is 17.0 Å². The summed E-state index contributed by atoms with van der Waals surface area (Å²) in [6.07, 6.45) is -4.48. The largest absolute Gasteiger partial charge is 0.472 e. The van der Waals surface area contributed by atoms with Crippen LogP contribution in [0, 0.1) is 5.92 Å². The first-order valence-electron chi connectivity index (χ1n) is 14.0. The predicted octanol–water partition coefficient (Wildman–Crippen LogP) is 0.0692. The summed E-state index contributed by atoms with van der Waals surface area (Å²) in [4.78, 5) is 54.0. The average molecular weight is 734 g/mol. The molecule has 1 saturated carbocycles. The number of anilines is 2. The lowest BCUT2D eigenvalue weighted by Gasteiger charge is -2.32. The summed E-state index contributed by atoms with van der Waals surface area (Å²) < 4.78 is 53.9. The maximum atomic E-state index is 13.5. The van der Waals surface area contributed by atoms with Gasteiger partial charge >= 0.3 is 14.5 Å². The summed E-state index contributed by atoms with van der Waals surface area (Å²) in [7, 11) is -3.60. The maximum Gasteiger partial charge on any atom is 0.472 e. The van der Waals surface area contributed by atoms with E-state index < -0.39 is 81.4 Å². The van der Waals surface area contributed by atoms with Crippen LogP contribution in [0.2, 0.25) is 0 Å². The molecule has 4 aromatic rings. The van der Waals surface area contributed by atoms with Crippen LogP contribution >= 0.6 is 26.1 Å². The Morgan fingerprint density at radius 2 is 1.94 bits per heavy atom. The molecule has 6 heterocycles. The number of phosphoric acid groups is 1. The van der Waals surface area contributed by atoms with Gasteiger partial charge in [-0.3, -0.25) is 18.8 Å². The summed E-state index contributed by atoms with van der Waals surface area (Å²) in [6.45, 7) is -3.34. The third kappa shape index (κ3) is 5.70. The standard InChI is InChI=1S/C23H29N9O11P2S2/c1-23(32-7-28-12-19(24)26-6-27-20(12)32)3-8-4-39-44(35,36)42-15-14(38-2)9(5-40-45(37,46)43-13(8)18(23)33)41-16(15)17-10-11(31-47-17)21(34)30-22(25)29-10/h6-9,13-16,18,33H,3-5H2,1-2H3,(H,35,36)(H,37,46)(H2,24,26,27)(H3,25,29,30,34)/t8-,9-,13-,14-,15-,16-,18-,23?,45?/m1/s1. The number of H-pyrrole nitrogens is 1. The van der Waals surface area contributed by atoms with Crippen molar-refractivity contribution in [2.24, 2.45) is 5.92 Å². The molecule has 3 unspecified atom stereocenters. The summed E-state index contributed by atoms with van der Waals surface area (Å²) in [5.74, 6) is -0.883. The molecular weight excluding hydrogens is 704 g/mol. The minimum Gasteiger partial charge on any atom is -0.388 e. The van der Waals surface area contributed by atoms with Crippen LogP contribution in [0.5, 0.6) is 0 Å². The van der Waals surface area contributed by atoms with Crippen molar-refractivity contribution in [1.82, 2.24) is 33.9 Å². The van der Waals surface area contributed by atoms with Crippen molar-refractivity contribution >= 4 is 71.8 Å². The fourth-order valence-electron chi connectivity index (χ4n) is 6.41. The molecule has 7 rings (SSSR count). The highest BCUT2D eigenvalue weighted by Crippen LogP contribution is 2.57. The van der Waals surface area contributed by atoms with Crippen LogP contribution in [0.3, 0.4) is 0 Å². The Kier molecular flexibility index (Phi) is 8.27. The van der Waals surface area contributed by atoms with Gasteiger partial charge in [-0.1, -0.05) is 0 Å². The molecule has 0 spiro atoms. The van der Waals surface area contributed by atoms with E-state index in [0.29, 0.717) is 11.2 Å². The van der Waals surface area contributed by atoms with Crippen molar-refractivity contribution in [3.63, 3.8) is 0 Å². The number of fused-ring (bicyclic) bond motifs is 5. The number of aromatic amines is 1. The Balaban J connectivity index is 1.24. The minimum absolute atomic E-state index is 0.0268. The zero-order valence-corrected chi connectivity index (χ0v) is 27.9. The molecule has 1 aliphatic carbocycles. The Bertz CT molecular complexity index is 2010. The van der Waals surface area contributed by atoms with Gasteiger partial charge in [-0.15, -0.1) is 0 Å². The third-order valence-corrected chi connectivity index (χ3v) is 12.0. The zero-order valence-electron chi connectivity index (χ0n) is 24.5. The lowest BCUT2D eigenvalue weighted by molar-refractivity contribution is -0.0428. The first kappa shape index (κ1) is 33.0. The lowest BCUT2D eigenvalue weighted by Crippen LogP contribution is -2.43. The number of hydrogen-bond donors (Lipinski definition) is 6. The molecule has 2 bridgehead atoms. The molecule has 0 aromatic carbocycles. The number of nitrogens with two attached hydrogens (primary N) is 2. The van der Waals surface area contributed by atoms with Gasteiger partial charge in [0.05, 0.1) is 30.0 Å². The Hall–Kier alpha value is -2.56. The molecule has 2 saturated heterocycles. The second-order valence-electron chi connectivity index (χ2n) is 11.5. The van der Waals surface area contributed by atoms with Gasteiger partial charge in [0, 0.05) is 13.0 Å².